The second-order valence-corrected chi connectivity index (χ2v) is 5.64. The van der Waals surface area contributed by atoms with E-state index in [2.05, 4.69) is 0 Å². The highest BCUT2D eigenvalue weighted by Gasteiger charge is 2.27. The second-order valence-electron chi connectivity index (χ2n) is 5.64. The molecule has 0 aromatic heterocycles. The van der Waals surface area contributed by atoms with Gasteiger partial charge < -0.3 is 9.84 Å². The average Bonchev–Trinajstić information content (AvgIpc) is 3.39. The average molecular weight is 312 g/mol. The molecule has 24 heavy (non-hydrogen) atoms. The zero-order chi connectivity index (χ0) is 16.4. The van der Waals surface area contributed by atoms with E-state index in [1.54, 1.807) is 6.07 Å². The highest BCUT2D eigenvalue weighted by Crippen LogP contribution is 2.53. The lowest BCUT2D eigenvalue weighted by molar-refractivity contribution is 0.474. The van der Waals surface area contributed by atoms with Crippen LogP contribution in [0.15, 0.2) is 66.7 Å². The number of hydrogen-bond donors (Lipinski definition) is 1. The van der Waals surface area contributed by atoms with E-state index in [9.17, 15) is 5.11 Å². The van der Waals surface area contributed by atoms with E-state index in [4.69, 9.17) is 4.74 Å². The standard InChI is InChI=1S/C22H16O2/c23-20-15-21-22(24-21)19(14-12-17-9-5-2-6-10-17)18(20)13-11-16-7-3-1-4-8-16/h1-15,23H/b13-11+,14-12+. The first-order valence-electron chi connectivity index (χ1n) is 7.85. The van der Waals surface area contributed by atoms with Gasteiger partial charge in [0.2, 0.25) is 0 Å². The first kappa shape index (κ1) is 14.3. The largest absolute Gasteiger partial charge is 0.507 e. The lowest BCUT2D eigenvalue weighted by Gasteiger charge is -2.02. The topological polar surface area (TPSA) is 32.8 Å². The minimum absolute atomic E-state index is 0.228. The van der Waals surface area contributed by atoms with E-state index in [-0.39, 0.29) is 5.75 Å². The zero-order valence-electron chi connectivity index (χ0n) is 13.0. The van der Waals surface area contributed by atoms with Gasteiger partial charge in [-0.3, -0.25) is 0 Å². The molecule has 1 N–H and O–H groups in total. The highest BCUT2D eigenvalue weighted by molar-refractivity contribution is 5.88. The number of hydrogen-bond acceptors (Lipinski definition) is 2. The first-order valence-corrected chi connectivity index (χ1v) is 7.85. The number of phenolic OH excluding ortho intramolecular Hbond substituents is 1. The van der Waals surface area contributed by atoms with Crippen molar-refractivity contribution in [1.29, 1.82) is 0 Å². The summed E-state index contributed by atoms with van der Waals surface area (Å²) in [7, 11) is 0. The fourth-order valence-electron chi connectivity index (χ4n) is 2.66. The third-order valence-electron chi connectivity index (χ3n) is 3.96. The van der Waals surface area contributed by atoms with Crippen LogP contribution < -0.4 is 4.74 Å². The summed E-state index contributed by atoms with van der Waals surface area (Å²) >= 11 is 0. The minimum Gasteiger partial charge on any atom is -0.507 e. The van der Waals surface area contributed by atoms with Gasteiger partial charge in [0.15, 0.2) is 11.5 Å². The predicted molar refractivity (Wildman–Crippen MR) is 98.9 cm³/mol. The predicted octanol–water partition coefficient (Wildman–Crippen LogP) is 5.84. The maximum Gasteiger partial charge on any atom is 0.178 e. The SMILES string of the molecule is Oc1cc2c(c(/C=C/c3ccccc3)c1/C=C/c1ccccc1)O2. The molecule has 0 bridgehead atoms. The van der Waals surface area contributed by atoms with Crippen molar-refractivity contribution in [3.63, 3.8) is 0 Å². The van der Waals surface area contributed by atoms with Gasteiger partial charge in [0.25, 0.3) is 0 Å². The molecular formula is C22H16O2. The number of phenols is 1. The van der Waals surface area contributed by atoms with Crippen LogP contribution in [0.2, 0.25) is 0 Å². The fraction of sp³-hybridized carbons (Fsp3) is 0. The molecule has 0 saturated heterocycles. The summed E-state index contributed by atoms with van der Waals surface area (Å²) in [5.41, 5.74) is 3.86. The molecule has 2 nitrogen and oxygen atoms in total. The number of ether oxygens (including phenoxy) is 1. The van der Waals surface area contributed by atoms with Gasteiger partial charge in [-0.05, 0) is 23.3 Å². The van der Waals surface area contributed by atoms with Crippen LogP contribution in [0.4, 0.5) is 0 Å². The molecule has 0 atom stereocenters. The molecule has 0 radical (unpaired) electrons. The van der Waals surface area contributed by atoms with Gasteiger partial charge in [0, 0.05) is 17.2 Å². The third-order valence-corrected chi connectivity index (χ3v) is 3.96. The highest BCUT2D eigenvalue weighted by atomic mass is 16.6. The normalized spacial score (nSPS) is 12.3. The molecule has 1 heterocycles. The molecule has 3 aromatic carbocycles. The molecule has 116 valence electrons. The van der Waals surface area contributed by atoms with Gasteiger partial charge in [-0.15, -0.1) is 0 Å². The summed E-state index contributed by atoms with van der Waals surface area (Å²) < 4.78 is 5.49. The summed E-state index contributed by atoms with van der Waals surface area (Å²) in [6.45, 7) is 0. The Hall–Kier alpha value is -3.26. The Kier molecular flexibility index (Phi) is 3.64. The smallest absolute Gasteiger partial charge is 0.178 e. The third kappa shape index (κ3) is 2.95. The Morgan fingerprint density at radius 3 is 1.79 bits per heavy atom. The van der Waals surface area contributed by atoms with E-state index >= 15 is 0 Å². The summed E-state index contributed by atoms with van der Waals surface area (Å²) in [6, 6.07) is 21.8. The van der Waals surface area contributed by atoms with E-state index < -0.39 is 0 Å². The van der Waals surface area contributed by atoms with Crippen LogP contribution >= 0.6 is 0 Å². The van der Waals surface area contributed by atoms with Gasteiger partial charge >= 0.3 is 0 Å². The number of rotatable bonds is 4. The lowest BCUT2D eigenvalue weighted by Crippen LogP contribution is -1.79. The lowest BCUT2D eigenvalue weighted by atomic mass is 10.0. The zero-order valence-corrected chi connectivity index (χ0v) is 13.0. The van der Waals surface area contributed by atoms with Crippen LogP contribution in [-0.4, -0.2) is 5.11 Å². The molecule has 2 heteroatoms. The van der Waals surface area contributed by atoms with Gasteiger partial charge in [0.05, 0.1) is 0 Å². The Balaban J connectivity index is 1.71. The van der Waals surface area contributed by atoms with Crippen LogP contribution in [0.25, 0.3) is 24.3 Å². The van der Waals surface area contributed by atoms with Crippen molar-refractivity contribution in [3.05, 3.63) is 89.0 Å². The maximum atomic E-state index is 10.3. The van der Waals surface area contributed by atoms with Crippen molar-refractivity contribution in [3.8, 4) is 17.2 Å². The molecular weight excluding hydrogens is 296 g/mol. The molecule has 0 amide bonds. The molecule has 1 aliphatic heterocycles. The summed E-state index contributed by atoms with van der Waals surface area (Å²) in [5.74, 6) is 1.82. The van der Waals surface area contributed by atoms with Gasteiger partial charge in [0.1, 0.15) is 5.75 Å². The molecule has 0 fully saturated rings. The van der Waals surface area contributed by atoms with Crippen LogP contribution in [0, 0.1) is 0 Å². The van der Waals surface area contributed by atoms with Gasteiger partial charge in [-0.2, -0.15) is 0 Å². The Morgan fingerprint density at radius 2 is 1.21 bits per heavy atom. The van der Waals surface area contributed by atoms with Crippen LogP contribution in [0.5, 0.6) is 17.2 Å². The quantitative estimate of drug-likeness (QED) is 0.379. The number of fused-ring (bicyclic) bond motifs is 1. The van der Waals surface area contributed by atoms with E-state index in [0.29, 0.717) is 0 Å². The fourth-order valence-corrected chi connectivity index (χ4v) is 2.66. The van der Waals surface area contributed by atoms with Crippen molar-refractivity contribution >= 4 is 24.3 Å². The van der Waals surface area contributed by atoms with Gasteiger partial charge in [-0.1, -0.05) is 72.8 Å². The minimum atomic E-state index is 0.228. The number of aromatic hydroxyl groups is 1. The summed E-state index contributed by atoms with van der Waals surface area (Å²) in [4.78, 5) is 0. The molecule has 0 aliphatic carbocycles. The van der Waals surface area contributed by atoms with E-state index in [1.165, 1.54) is 0 Å². The molecule has 3 aromatic rings. The van der Waals surface area contributed by atoms with Crippen molar-refractivity contribution in [2.24, 2.45) is 0 Å². The van der Waals surface area contributed by atoms with Crippen molar-refractivity contribution in [2.75, 3.05) is 0 Å². The first-order chi connectivity index (χ1) is 11.8. The molecule has 1 aliphatic rings. The molecule has 0 spiro atoms. The van der Waals surface area contributed by atoms with Crippen molar-refractivity contribution < 1.29 is 9.84 Å². The second kappa shape index (κ2) is 6.09. The van der Waals surface area contributed by atoms with Crippen LogP contribution in [0.1, 0.15) is 22.3 Å². The van der Waals surface area contributed by atoms with E-state index in [0.717, 1.165) is 33.8 Å². The van der Waals surface area contributed by atoms with Crippen molar-refractivity contribution in [2.45, 2.75) is 0 Å². The van der Waals surface area contributed by atoms with Crippen LogP contribution in [0.3, 0.4) is 0 Å². The molecule has 4 rings (SSSR count). The summed E-state index contributed by atoms with van der Waals surface area (Å²) in [5, 5.41) is 10.3. The Labute approximate surface area is 141 Å². The van der Waals surface area contributed by atoms with Crippen LogP contribution in [-0.2, 0) is 0 Å². The van der Waals surface area contributed by atoms with E-state index in [1.807, 2.05) is 85.0 Å². The molecule has 0 unspecified atom stereocenters. The monoisotopic (exact) mass is 312 g/mol. The summed E-state index contributed by atoms with van der Waals surface area (Å²) in [6.07, 6.45) is 7.93. The molecule has 0 saturated carbocycles. The maximum absolute atomic E-state index is 10.3. The number of benzene rings is 3. The Morgan fingerprint density at radius 1 is 0.667 bits per heavy atom. The Bertz CT molecular complexity index is 873. The van der Waals surface area contributed by atoms with Gasteiger partial charge in [-0.25, -0.2) is 0 Å². The van der Waals surface area contributed by atoms with Crippen molar-refractivity contribution in [1.82, 2.24) is 0 Å².